The molecule has 1 aromatic rings. The highest BCUT2D eigenvalue weighted by molar-refractivity contribution is 6.33. The first-order chi connectivity index (χ1) is 9.93. The predicted molar refractivity (Wildman–Crippen MR) is 86.5 cm³/mol. The van der Waals surface area contributed by atoms with Crippen LogP contribution in [0.15, 0.2) is 0 Å². The lowest BCUT2D eigenvalue weighted by Crippen LogP contribution is -2.01. The summed E-state index contributed by atoms with van der Waals surface area (Å²) in [4.78, 5) is 11.1. The van der Waals surface area contributed by atoms with Gasteiger partial charge in [-0.2, -0.15) is 0 Å². The van der Waals surface area contributed by atoms with Gasteiger partial charge in [0.1, 0.15) is 11.5 Å². The molecule has 0 amide bonds. The van der Waals surface area contributed by atoms with E-state index in [-0.39, 0.29) is 22.1 Å². The number of hydrogen-bond donors (Lipinski definition) is 2. The standard InChI is InChI=1S/C17H25ClO3/c1-4-5-6-7-11(2)8-9-13-16(20)14(10-19)12(3)15(18)17(13)21/h10-11,20-21H,4-9H2,1-3H3. The number of aldehydes is 1. The number of phenolic OH excluding ortho intramolecular Hbond substituents is 2. The molecule has 0 spiro atoms. The van der Waals surface area contributed by atoms with E-state index in [2.05, 4.69) is 13.8 Å². The van der Waals surface area contributed by atoms with Crippen molar-refractivity contribution in [3.8, 4) is 11.5 Å². The number of phenols is 2. The molecule has 1 unspecified atom stereocenters. The molecule has 0 heterocycles. The third kappa shape index (κ3) is 4.37. The van der Waals surface area contributed by atoms with Crippen molar-refractivity contribution in [2.24, 2.45) is 5.92 Å². The molecule has 0 bridgehead atoms. The van der Waals surface area contributed by atoms with Gasteiger partial charge in [0.15, 0.2) is 6.29 Å². The summed E-state index contributed by atoms with van der Waals surface area (Å²) < 4.78 is 0. The Balaban J connectivity index is 2.84. The van der Waals surface area contributed by atoms with Crippen LogP contribution >= 0.6 is 11.6 Å². The molecule has 0 saturated heterocycles. The molecule has 21 heavy (non-hydrogen) atoms. The van der Waals surface area contributed by atoms with Gasteiger partial charge in [-0.25, -0.2) is 0 Å². The second-order valence-electron chi connectivity index (χ2n) is 5.79. The van der Waals surface area contributed by atoms with E-state index in [1.54, 1.807) is 6.92 Å². The summed E-state index contributed by atoms with van der Waals surface area (Å²) in [6, 6.07) is 0. The Labute approximate surface area is 131 Å². The van der Waals surface area contributed by atoms with Gasteiger partial charge in [-0.15, -0.1) is 0 Å². The SMILES string of the molecule is CCCCCC(C)CCc1c(O)c(Cl)c(C)c(C=O)c1O. The molecule has 0 aliphatic heterocycles. The Morgan fingerprint density at radius 2 is 1.86 bits per heavy atom. The zero-order valence-corrected chi connectivity index (χ0v) is 13.8. The normalized spacial score (nSPS) is 12.4. The molecule has 1 aromatic carbocycles. The molecule has 0 aliphatic rings. The van der Waals surface area contributed by atoms with Crippen LogP contribution in [0.25, 0.3) is 0 Å². The van der Waals surface area contributed by atoms with Gasteiger partial charge in [0.05, 0.1) is 10.6 Å². The van der Waals surface area contributed by atoms with Crippen LogP contribution in [0.1, 0.15) is 67.4 Å². The molecule has 1 atom stereocenters. The molecular formula is C17H25ClO3. The van der Waals surface area contributed by atoms with Crippen LogP contribution < -0.4 is 0 Å². The number of rotatable bonds is 8. The largest absolute Gasteiger partial charge is 0.507 e. The Kier molecular flexibility index (Phi) is 7.03. The summed E-state index contributed by atoms with van der Waals surface area (Å²) in [6.07, 6.45) is 6.72. The molecule has 2 N–H and O–H groups in total. The second kappa shape index (κ2) is 8.28. The number of carbonyl (C=O) groups is 1. The molecule has 0 radical (unpaired) electrons. The fourth-order valence-corrected chi connectivity index (χ4v) is 2.76. The molecule has 4 heteroatoms. The minimum atomic E-state index is -0.134. The Morgan fingerprint density at radius 1 is 1.19 bits per heavy atom. The molecule has 0 saturated carbocycles. The van der Waals surface area contributed by atoms with E-state index in [0.29, 0.717) is 29.8 Å². The third-order valence-electron chi connectivity index (χ3n) is 4.07. The summed E-state index contributed by atoms with van der Waals surface area (Å²) in [5, 5.41) is 20.4. The first kappa shape index (κ1) is 17.8. The zero-order chi connectivity index (χ0) is 16.0. The maximum absolute atomic E-state index is 11.1. The predicted octanol–water partition coefficient (Wildman–Crippen LogP) is 5.02. The van der Waals surface area contributed by atoms with Crippen molar-refractivity contribution in [3.05, 3.63) is 21.7 Å². The Morgan fingerprint density at radius 3 is 2.43 bits per heavy atom. The van der Waals surface area contributed by atoms with Crippen LogP contribution in [0.2, 0.25) is 5.02 Å². The number of aromatic hydroxyl groups is 2. The topological polar surface area (TPSA) is 57.5 Å². The lowest BCUT2D eigenvalue weighted by atomic mass is 9.93. The smallest absolute Gasteiger partial charge is 0.154 e. The lowest BCUT2D eigenvalue weighted by molar-refractivity contribution is 0.112. The first-order valence-corrected chi connectivity index (χ1v) is 7.99. The lowest BCUT2D eigenvalue weighted by Gasteiger charge is -2.16. The average molecular weight is 313 g/mol. The second-order valence-corrected chi connectivity index (χ2v) is 6.16. The highest BCUT2D eigenvalue weighted by Crippen LogP contribution is 2.40. The van der Waals surface area contributed by atoms with Crippen molar-refractivity contribution in [1.82, 2.24) is 0 Å². The average Bonchev–Trinajstić information content (AvgIpc) is 2.46. The number of benzene rings is 1. The maximum Gasteiger partial charge on any atom is 0.154 e. The van der Waals surface area contributed by atoms with E-state index < -0.39 is 0 Å². The van der Waals surface area contributed by atoms with E-state index in [1.165, 1.54) is 19.3 Å². The van der Waals surface area contributed by atoms with Gasteiger partial charge in [0.2, 0.25) is 0 Å². The molecule has 118 valence electrons. The van der Waals surface area contributed by atoms with Crippen LogP contribution in [-0.4, -0.2) is 16.5 Å². The molecule has 1 rings (SSSR count). The molecule has 0 fully saturated rings. The quantitative estimate of drug-likeness (QED) is 0.523. The van der Waals surface area contributed by atoms with E-state index in [9.17, 15) is 15.0 Å². The number of carbonyl (C=O) groups excluding carboxylic acids is 1. The molecular weight excluding hydrogens is 288 g/mol. The van der Waals surface area contributed by atoms with Crippen molar-refractivity contribution >= 4 is 17.9 Å². The van der Waals surface area contributed by atoms with E-state index in [0.717, 1.165) is 12.8 Å². The minimum absolute atomic E-state index is 0.0991. The fourth-order valence-electron chi connectivity index (χ4n) is 2.54. The van der Waals surface area contributed by atoms with Gasteiger partial charge in [0, 0.05) is 5.56 Å². The highest BCUT2D eigenvalue weighted by atomic mass is 35.5. The van der Waals surface area contributed by atoms with Gasteiger partial charge in [-0.3, -0.25) is 4.79 Å². The van der Waals surface area contributed by atoms with E-state index in [1.807, 2.05) is 0 Å². The summed E-state index contributed by atoms with van der Waals surface area (Å²) >= 11 is 6.04. The summed E-state index contributed by atoms with van der Waals surface area (Å²) in [5.74, 6) is 0.276. The van der Waals surface area contributed by atoms with E-state index in [4.69, 9.17) is 11.6 Å². The zero-order valence-electron chi connectivity index (χ0n) is 13.1. The van der Waals surface area contributed by atoms with E-state index >= 15 is 0 Å². The summed E-state index contributed by atoms with van der Waals surface area (Å²) in [6.45, 7) is 5.96. The van der Waals surface area contributed by atoms with Crippen molar-refractivity contribution in [2.75, 3.05) is 0 Å². The van der Waals surface area contributed by atoms with Crippen LogP contribution in [0.5, 0.6) is 11.5 Å². The van der Waals surface area contributed by atoms with Gasteiger partial charge >= 0.3 is 0 Å². The van der Waals surface area contributed by atoms with Gasteiger partial charge in [-0.05, 0) is 31.2 Å². The van der Waals surface area contributed by atoms with Crippen LogP contribution in [-0.2, 0) is 6.42 Å². The van der Waals surface area contributed by atoms with Gasteiger partial charge in [0.25, 0.3) is 0 Å². The third-order valence-corrected chi connectivity index (χ3v) is 4.54. The van der Waals surface area contributed by atoms with Crippen molar-refractivity contribution in [3.63, 3.8) is 0 Å². The molecule has 0 aliphatic carbocycles. The van der Waals surface area contributed by atoms with Gasteiger partial charge in [-0.1, -0.05) is 51.1 Å². The maximum atomic E-state index is 11.1. The van der Waals surface area contributed by atoms with Crippen molar-refractivity contribution in [1.29, 1.82) is 0 Å². The summed E-state index contributed by atoms with van der Waals surface area (Å²) in [7, 11) is 0. The van der Waals surface area contributed by atoms with Crippen molar-refractivity contribution < 1.29 is 15.0 Å². The minimum Gasteiger partial charge on any atom is -0.507 e. The molecule has 3 nitrogen and oxygen atoms in total. The number of hydrogen-bond acceptors (Lipinski definition) is 3. The number of halogens is 1. The fraction of sp³-hybridized carbons (Fsp3) is 0.588. The van der Waals surface area contributed by atoms with Crippen molar-refractivity contribution in [2.45, 2.75) is 59.3 Å². The van der Waals surface area contributed by atoms with Crippen LogP contribution in [0, 0.1) is 12.8 Å². The Bertz CT molecular complexity index is 498. The van der Waals surface area contributed by atoms with Crippen LogP contribution in [0.4, 0.5) is 0 Å². The first-order valence-electron chi connectivity index (χ1n) is 7.62. The Hall–Kier alpha value is -1.22. The molecule has 0 aromatic heterocycles. The van der Waals surface area contributed by atoms with Gasteiger partial charge < -0.3 is 10.2 Å². The monoisotopic (exact) mass is 312 g/mol. The number of unbranched alkanes of at least 4 members (excludes halogenated alkanes) is 2. The highest BCUT2D eigenvalue weighted by Gasteiger charge is 2.20. The summed E-state index contributed by atoms with van der Waals surface area (Å²) in [5.41, 5.74) is 0.975. The van der Waals surface area contributed by atoms with Crippen LogP contribution in [0.3, 0.4) is 0 Å².